The topological polar surface area (TPSA) is 59.9 Å². The molecule has 5 nitrogen and oxygen atoms in total. The minimum absolute atomic E-state index is 0.317. The summed E-state index contributed by atoms with van der Waals surface area (Å²) in [7, 11) is 0. The molecule has 0 radical (unpaired) electrons. The Bertz CT molecular complexity index is 966. The number of nitrogens with one attached hydrogen (secondary N) is 1. The molecule has 130 valence electrons. The fourth-order valence-electron chi connectivity index (χ4n) is 2.67. The number of anilines is 1. The van der Waals surface area contributed by atoms with Crippen LogP contribution >= 0.6 is 11.8 Å². The predicted octanol–water partition coefficient (Wildman–Crippen LogP) is 4.46. The molecule has 1 atom stereocenters. The summed E-state index contributed by atoms with van der Waals surface area (Å²) in [6.07, 6.45) is 1.03. The Morgan fingerprint density at radius 2 is 1.96 bits per heavy atom. The van der Waals surface area contributed by atoms with Crippen molar-refractivity contribution in [2.75, 3.05) is 11.1 Å². The van der Waals surface area contributed by atoms with Crippen molar-refractivity contribution in [1.82, 2.24) is 15.2 Å². The normalized spacial score (nSPS) is 15.0. The summed E-state index contributed by atoms with van der Waals surface area (Å²) in [5, 5.41) is 12.2. The van der Waals surface area contributed by atoms with E-state index in [0.29, 0.717) is 28.0 Å². The molecule has 0 amide bonds. The van der Waals surface area contributed by atoms with Crippen molar-refractivity contribution in [3.05, 3.63) is 72.6 Å². The van der Waals surface area contributed by atoms with Gasteiger partial charge in [0.2, 0.25) is 17.3 Å². The molecular weight excluding hydrogens is 351 g/mol. The van der Waals surface area contributed by atoms with Crippen molar-refractivity contribution in [1.29, 1.82) is 0 Å². The molecule has 1 N–H and O–H groups in total. The van der Waals surface area contributed by atoms with Crippen LogP contribution in [0.4, 0.5) is 10.1 Å². The smallest absolute Gasteiger partial charge is 0.247 e. The minimum atomic E-state index is -0.729. The van der Waals surface area contributed by atoms with E-state index in [-0.39, 0.29) is 5.82 Å². The van der Waals surface area contributed by atoms with Gasteiger partial charge in [0, 0.05) is 22.6 Å². The maximum absolute atomic E-state index is 14.3. The van der Waals surface area contributed by atoms with Crippen LogP contribution in [0.15, 0.2) is 66.3 Å². The van der Waals surface area contributed by atoms with Crippen LogP contribution in [0.25, 0.3) is 11.3 Å². The van der Waals surface area contributed by atoms with Crippen molar-refractivity contribution < 1.29 is 9.13 Å². The summed E-state index contributed by atoms with van der Waals surface area (Å²) in [5.41, 5.74) is 2.51. The van der Waals surface area contributed by atoms with Gasteiger partial charge in [-0.3, -0.25) is 0 Å². The van der Waals surface area contributed by atoms with E-state index in [1.807, 2.05) is 24.3 Å². The molecule has 0 spiro atoms. The largest absolute Gasteiger partial charge is 0.448 e. The van der Waals surface area contributed by atoms with Gasteiger partial charge in [-0.1, -0.05) is 54.2 Å². The molecule has 1 aromatic heterocycles. The van der Waals surface area contributed by atoms with Crippen LogP contribution in [-0.4, -0.2) is 20.9 Å². The van der Waals surface area contributed by atoms with Gasteiger partial charge in [-0.2, -0.15) is 4.98 Å². The standard InChI is InChI=1S/C19H15FN4OS/c1-2-11-26-19-22-18-16(23-24-19)13-8-4-6-10-15(13)21-17(25-18)12-7-3-5-9-14(12)20/h2-10,17,21H,1,11H2/t17-/m0/s1. The maximum atomic E-state index is 14.3. The Kier molecular flexibility index (Phi) is 4.53. The van der Waals surface area contributed by atoms with Crippen LogP contribution in [0.5, 0.6) is 5.88 Å². The zero-order valence-corrected chi connectivity index (χ0v) is 14.5. The number of fused-ring (bicyclic) bond motifs is 3. The summed E-state index contributed by atoms with van der Waals surface area (Å²) in [6.45, 7) is 3.69. The van der Waals surface area contributed by atoms with Gasteiger partial charge in [0.1, 0.15) is 5.82 Å². The van der Waals surface area contributed by atoms with Gasteiger partial charge < -0.3 is 10.1 Å². The third-order valence-corrected chi connectivity index (χ3v) is 4.69. The molecular formula is C19H15FN4OS. The van der Waals surface area contributed by atoms with Gasteiger partial charge in [-0.15, -0.1) is 16.8 Å². The number of rotatable bonds is 4. The van der Waals surface area contributed by atoms with E-state index in [9.17, 15) is 4.39 Å². The van der Waals surface area contributed by atoms with Crippen LogP contribution in [0, 0.1) is 5.82 Å². The average molecular weight is 366 g/mol. The number of aromatic nitrogens is 3. The molecule has 0 saturated carbocycles. The van der Waals surface area contributed by atoms with Crippen LogP contribution in [0.1, 0.15) is 11.8 Å². The highest BCUT2D eigenvalue weighted by Gasteiger charge is 2.27. The molecule has 0 fully saturated rings. The number of benzene rings is 2. The highest BCUT2D eigenvalue weighted by Crippen LogP contribution is 2.39. The summed E-state index contributed by atoms with van der Waals surface area (Å²) in [5.74, 6) is 0.623. The van der Waals surface area contributed by atoms with E-state index >= 15 is 0 Å². The second-order valence-corrected chi connectivity index (χ2v) is 6.54. The van der Waals surface area contributed by atoms with Crippen molar-refractivity contribution in [3.63, 3.8) is 0 Å². The van der Waals surface area contributed by atoms with E-state index in [1.54, 1.807) is 24.3 Å². The predicted molar refractivity (Wildman–Crippen MR) is 99.6 cm³/mol. The highest BCUT2D eigenvalue weighted by atomic mass is 32.2. The molecule has 26 heavy (non-hydrogen) atoms. The fourth-order valence-corrected chi connectivity index (χ4v) is 3.18. The average Bonchev–Trinajstić information content (AvgIpc) is 2.83. The molecule has 7 heteroatoms. The monoisotopic (exact) mass is 366 g/mol. The highest BCUT2D eigenvalue weighted by molar-refractivity contribution is 7.99. The van der Waals surface area contributed by atoms with Crippen LogP contribution < -0.4 is 10.1 Å². The van der Waals surface area contributed by atoms with E-state index < -0.39 is 6.23 Å². The van der Waals surface area contributed by atoms with E-state index in [1.165, 1.54) is 17.8 Å². The van der Waals surface area contributed by atoms with Gasteiger partial charge in [0.25, 0.3) is 0 Å². The molecule has 1 aliphatic rings. The van der Waals surface area contributed by atoms with E-state index in [0.717, 1.165) is 11.3 Å². The second-order valence-electron chi connectivity index (χ2n) is 5.56. The first kappa shape index (κ1) is 16.5. The summed E-state index contributed by atoms with van der Waals surface area (Å²) in [4.78, 5) is 4.47. The Labute approximate surface area is 154 Å². The molecule has 3 aromatic rings. The molecule has 4 rings (SSSR count). The summed E-state index contributed by atoms with van der Waals surface area (Å²) >= 11 is 1.40. The number of halogens is 1. The van der Waals surface area contributed by atoms with Crippen molar-refractivity contribution in [3.8, 4) is 17.1 Å². The number of hydrogen-bond donors (Lipinski definition) is 1. The lowest BCUT2D eigenvalue weighted by atomic mass is 10.1. The number of thioether (sulfide) groups is 1. The lowest BCUT2D eigenvalue weighted by Crippen LogP contribution is -2.18. The zero-order chi connectivity index (χ0) is 17.9. The molecule has 0 bridgehead atoms. The van der Waals surface area contributed by atoms with Crippen molar-refractivity contribution >= 4 is 17.4 Å². The Morgan fingerprint density at radius 3 is 2.81 bits per heavy atom. The fraction of sp³-hybridized carbons (Fsp3) is 0.105. The van der Waals surface area contributed by atoms with Crippen LogP contribution in [-0.2, 0) is 0 Å². The third-order valence-electron chi connectivity index (χ3n) is 3.85. The lowest BCUT2D eigenvalue weighted by molar-refractivity contribution is 0.220. The molecule has 0 saturated heterocycles. The number of ether oxygens (including phenoxy) is 1. The number of para-hydroxylation sites is 1. The van der Waals surface area contributed by atoms with E-state index in [2.05, 4.69) is 27.1 Å². The molecule has 2 aromatic carbocycles. The minimum Gasteiger partial charge on any atom is -0.448 e. The van der Waals surface area contributed by atoms with Gasteiger partial charge in [-0.25, -0.2) is 4.39 Å². The second kappa shape index (κ2) is 7.13. The van der Waals surface area contributed by atoms with Gasteiger partial charge in [0.05, 0.1) is 0 Å². The van der Waals surface area contributed by atoms with Crippen LogP contribution in [0.2, 0.25) is 0 Å². The lowest BCUT2D eigenvalue weighted by Gasteiger charge is -2.19. The maximum Gasteiger partial charge on any atom is 0.247 e. The van der Waals surface area contributed by atoms with Gasteiger partial charge in [0.15, 0.2) is 5.69 Å². The molecule has 2 heterocycles. The SMILES string of the molecule is C=CCSc1nnc2c(n1)O[C@@H](c1ccccc1F)Nc1ccccc1-2. The van der Waals surface area contributed by atoms with Crippen molar-refractivity contribution in [2.24, 2.45) is 0 Å². The molecule has 1 aliphatic heterocycles. The summed E-state index contributed by atoms with van der Waals surface area (Å²) in [6, 6.07) is 14.1. The Morgan fingerprint density at radius 1 is 1.15 bits per heavy atom. The quantitative estimate of drug-likeness (QED) is 0.543. The van der Waals surface area contributed by atoms with Crippen molar-refractivity contribution in [2.45, 2.75) is 11.4 Å². The molecule has 0 aliphatic carbocycles. The first-order valence-corrected chi connectivity index (χ1v) is 9.00. The Hall–Kier alpha value is -2.93. The van der Waals surface area contributed by atoms with Crippen LogP contribution in [0.3, 0.4) is 0 Å². The van der Waals surface area contributed by atoms with Gasteiger partial charge >= 0.3 is 0 Å². The zero-order valence-electron chi connectivity index (χ0n) is 13.7. The van der Waals surface area contributed by atoms with Gasteiger partial charge in [-0.05, 0) is 12.1 Å². The summed E-state index contributed by atoms with van der Waals surface area (Å²) < 4.78 is 20.3. The van der Waals surface area contributed by atoms with E-state index in [4.69, 9.17) is 4.74 Å². The first-order valence-electron chi connectivity index (χ1n) is 8.01. The number of hydrogen-bond acceptors (Lipinski definition) is 6. The first-order chi connectivity index (χ1) is 12.8. The Balaban J connectivity index is 1.82. The molecule has 0 unspecified atom stereocenters. The third kappa shape index (κ3) is 3.13. The number of nitrogens with zero attached hydrogens (tertiary/aromatic N) is 3.